The van der Waals surface area contributed by atoms with Crippen molar-refractivity contribution in [1.29, 1.82) is 0 Å². The maximum absolute atomic E-state index is 6.17. The first-order chi connectivity index (χ1) is 10.3. The third-order valence-corrected chi connectivity index (χ3v) is 4.81. The number of nitrogens with zero attached hydrogens (tertiary/aromatic N) is 1. The van der Waals surface area contributed by atoms with Crippen LogP contribution >= 0.6 is 11.3 Å². The minimum absolute atomic E-state index is 0.327. The number of aromatic nitrogens is 1. The smallest absolute Gasteiger partial charge is 0.0900 e. The number of benzene rings is 1. The Labute approximate surface area is 130 Å². The molecule has 0 amide bonds. The van der Waals surface area contributed by atoms with Crippen molar-refractivity contribution in [2.75, 3.05) is 13.1 Å². The summed E-state index contributed by atoms with van der Waals surface area (Å²) in [7, 11) is 0. The highest BCUT2D eigenvalue weighted by molar-refractivity contribution is 7.09. The number of hydrogen-bond donors (Lipinski definition) is 1. The monoisotopic (exact) mass is 302 g/mol. The van der Waals surface area contributed by atoms with Gasteiger partial charge in [-0.05, 0) is 31.9 Å². The average molecular weight is 302 g/mol. The second-order valence-corrected chi connectivity index (χ2v) is 6.71. The molecule has 1 N–H and O–H groups in total. The molecule has 4 heteroatoms. The van der Waals surface area contributed by atoms with Gasteiger partial charge in [0.1, 0.15) is 0 Å². The van der Waals surface area contributed by atoms with Crippen molar-refractivity contribution in [2.45, 2.75) is 32.5 Å². The Morgan fingerprint density at radius 3 is 2.95 bits per heavy atom. The van der Waals surface area contributed by atoms with Crippen molar-refractivity contribution in [2.24, 2.45) is 5.92 Å². The van der Waals surface area contributed by atoms with Crippen LogP contribution < -0.4 is 5.32 Å². The molecular formula is C17H22N2OS. The van der Waals surface area contributed by atoms with E-state index in [1.807, 2.05) is 6.92 Å². The highest BCUT2D eigenvalue weighted by atomic mass is 32.1. The summed E-state index contributed by atoms with van der Waals surface area (Å²) in [5.41, 5.74) is 2.46. The molecule has 0 spiro atoms. The minimum Gasteiger partial charge on any atom is -0.371 e. The van der Waals surface area contributed by atoms with Gasteiger partial charge in [-0.2, -0.15) is 0 Å². The molecule has 0 saturated carbocycles. The topological polar surface area (TPSA) is 34.1 Å². The molecule has 2 aromatic rings. The van der Waals surface area contributed by atoms with Crippen LogP contribution in [0.5, 0.6) is 0 Å². The Balaban J connectivity index is 1.58. The molecule has 3 nitrogen and oxygen atoms in total. The van der Waals surface area contributed by atoms with Crippen LogP contribution in [0.2, 0.25) is 0 Å². The minimum atomic E-state index is 0.327. The van der Waals surface area contributed by atoms with E-state index in [1.54, 1.807) is 11.3 Å². The van der Waals surface area contributed by atoms with Crippen molar-refractivity contribution < 1.29 is 4.74 Å². The molecule has 0 radical (unpaired) electrons. The summed E-state index contributed by atoms with van der Waals surface area (Å²) in [4.78, 5) is 4.48. The van der Waals surface area contributed by atoms with Gasteiger partial charge in [0.2, 0.25) is 0 Å². The van der Waals surface area contributed by atoms with Crippen LogP contribution in [0.4, 0.5) is 0 Å². The third kappa shape index (κ3) is 4.13. The van der Waals surface area contributed by atoms with Gasteiger partial charge >= 0.3 is 0 Å². The summed E-state index contributed by atoms with van der Waals surface area (Å²) in [5, 5.41) is 6.70. The van der Waals surface area contributed by atoms with Gasteiger partial charge in [-0.1, -0.05) is 30.3 Å². The fourth-order valence-corrected chi connectivity index (χ4v) is 3.50. The van der Waals surface area contributed by atoms with Crippen LogP contribution in [0.25, 0.3) is 0 Å². The van der Waals surface area contributed by atoms with Crippen molar-refractivity contribution in [3.05, 3.63) is 52.0 Å². The first kappa shape index (κ1) is 14.7. The van der Waals surface area contributed by atoms with Crippen LogP contribution in [-0.4, -0.2) is 24.2 Å². The van der Waals surface area contributed by atoms with E-state index in [1.165, 1.54) is 5.56 Å². The molecule has 1 aromatic carbocycles. The number of ether oxygens (including phenoxy) is 1. The standard InChI is InChI=1S/C17H22N2OS/c1-13-19-16(12-21-13)11-20-17-7-8-18-10-15(17)9-14-5-3-2-4-6-14/h2-6,12,15,17-18H,7-11H2,1H3/t15-,17-/m0/s1. The number of aryl methyl sites for hydroxylation is 1. The molecule has 112 valence electrons. The lowest BCUT2D eigenvalue weighted by atomic mass is 9.89. The SMILES string of the molecule is Cc1nc(CO[C@H]2CCNC[C@@H]2Cc2ccccc2)cs1. The zero-order chi connectivity index (χ0) is 14.5. The molecule has 1 fully saturated rings. The normalized spacial score (nSPS) is 22.3. The summed E-state index contributed by atoms with van der Waals surface area (Å²) in [6.07, 6.45) is 2.49. The molecular weight excluding hydrogens is 280 g/mol. The Morgan fingerprint density at radius 2 is 2.19 bits per heavy atom. The van der Waals surface area contributed by atoms with Crippen molar-refractivity contribution in [1.82, 2.24) is 10.3 Å². The summed E-state index contributed by atoms with van der Waals surface area (Å²) < 4.78 is 6.17. The van der Waals surface area contributed by atoms with Gasteiger partial charge in [0.15, 0.2) is 0 Å². The van der Waals surface area contributed by atoms with E-state index in [0.717, 1.165) is 36.6 Å². The molecule has 0 aliphatic carbocycles. The van der Waals surface area contributed by atoms with Crippen LogP contribution in [0.3, 0.4) is 0 Å². The van der Waals surface area contributed by atoms with Gasteiger partial charge in [0, 0.05) is 17.8 Å². The Bertz CT molecular complexity index is 555. The Hall–Kier alpha value is -1.23. The summed E-state index contributed by atoms with van der Waals surface area (Å²) >= 11 is 1.69. The van der Waals surface area contributed by atoms with Gasteiger partial charge in [-0.3, -0.25) is 0 Å². The predicted molar refractivity (Wildman–Crippen MR) is 86.6 cm³/mol. The van der Waals surface area contributed by atoms with E-state index >= 15 is 0 Å². The summed E-state index contributed by atoms with van der Waals surface area (Å²) in [5.74, 6) is 0.542. The van der Waals surface area contributed by atoms with E-state index in [4.69, 9.17) is 4.74 Å². The first-order valence-corrected chi connectivity index (χ1v) is 8.46. The van der Waals surface area contributed by atoms with Gasteiger partial charge in [0.25, 0.3) is 0 Å². The second-order valence-electron chi connectivity index (χ2n) is 5.65. The number of piperidine rings is 1. The number of rotatable bonds is 5. The van der Waals surface area contributed by atoms with Gasteiger partial charge in [-0.15, -0.1) is 11.3 Å². The third-order valence-electron chi connectivity index (χ3n) is 3.99. The molecule has 1 aliphatic rings. The lowest BCUT2D eigenvalue weighted by molar-refractivity contribution is -0.0163. The highest BCUT2D eigenvalue weighted by Crippen LogP contribution is 2.21. The molecule has 1 saturated heterocycles. The molecule has 21 heavy (non-hydrogen) atoms. The van der Waals surface area contributed by atoms with Gasteiger partial charge < -0.3 is 10.1 Å². The molecule has 0 bridgehead atoms. The van der Waals surface area contributed by atoms with Crippen molar-refractivity contribution in [3.8, 4) is 0 Å². The van der Waals surface area contributed by atoms with E-state index < -0.39 is 0 Å². The maximum Gasteiger partial charge on any atom is 0.0900 e. The van der Waals surface area contributed by atoms with Crippen LogP contribution in [0, 0.1) is 12.8 Å². The molecule has 2 heterocycles. The fraction of sp³-hybridized carbons (Fsp3) is 0.471. The number of nitrogens with one attached hydrogen (secondary N) is 1. The van der Waals surface area contributed by atoms with E-state index in [0.29, 0.717) is 18.6 Å². The zero-order valence-corrected chi connectivity index (χ0v) is 13.2. The van der Waals surface area contributed by atoms with Crippen LogP contribution in [0.15, 0.2) is 35.7 Å². The molecule has 0 unspecified atom stereocenters. The highest BCUT2D eigenvalue weighted by Gasteiger charge is 2.26. The first-order valence-electron chi connectivity index (χ1n) is 7.58. The van der Waals surface area contributed by atoms with Gasteiger partial charge in [0.05, 0.1) is 23.4 Å². The second kappa shape index (κ2) is 7.16. The summed E-state index contributed by atoms with van der Waals surface area (Å²) in [6, 6.07) is 10.7. The quantitative estimate of drug-likeness (QED) is 0.921. The van der Waals surface area contributed by atoms with Gasteiger partial charge in [-0.25, -0.2) is 4.98 Å². The molecule has 3 rings (SSSR count). The zero-order valence-electron chi connectivity index (χ0n) is 12.4. The lowest BCUT2D eigenvalue weighted by Gasteiger charge is -2.32. The number of thiazole rings is 1. The van der Waals surface area contributed by atoms with Crippen LogP contribution in [-0.2, 0) is 17.8 Å². The molecule has 1 aromatic heterocycles. The Morgan fingerprint density at radius 1 is 1.33 bits per heavy atom. The predicted octanol–water partition coefficient (Wildman–Crippen LogP) is 3.19. The van der Waals surface area contributed by atoms with Crippen LogP contribution in [0.1, 0.15) is 22.7 Å². The van der Waals surface area contributed by atoms with E-state index in [-0.39, 0.29) is 0 Å². The number of hydrogen-bond acceptors (Lipinski definition) is 4. The average Bonchev–Trinajstić information content (AvgIpc) is 2.93. The van der Waals surface area contributed by atoms with E-state index in [2.05, 4.69) is 46.0 Å². The van der Waals surface area contributed by atoms with Crippen molar-refractivity contribution >= 4 is 11.3 Å². The molecule has 2 atom stereocenters. The summed E-state index contributed by atoms with van der Waals surface area (Å²) in [6.45, 7) is 4.76. The Kier molecular flexibility index (Phi) is 5.01. The van der Waals surface area contributed by atoms with Crippen molar-refractivity contribution in [3.63, 3.8) is 0 Å². The maximum atomic E-state index is 6.17. The lowest BCUT2D eigenvalue weighted by Crippen LogP contribution is -2.42. The largest absolute Gasteiger partial charge is 0.371 e. The molecule has 1 aliphatic heterocycles. The van der Waals surface area contributed by atoms with E-state index in [9.17, 15) is 0 Å². The fourth-order valence-electron chi connectivity index (χ4n) is 2.91.